The van der Waals surface area contributed by atoms with Gasteiger partial charge in [0.1, 0.15) is 5.75 Å². The molecule has 27 heavy (non-hydrogen) atoms. The topological polar surface area (TPSA) is 96.2 Å². The number of nitrogens with two attached hydrogens (primary N) is 1. The molecule has 0 saturated heterocycles. The summed E-state index contributed by atoms with van der Waals surface area (Å²) in [5.41, 5.74) is 6.47. The van der Waals surface area contributed by atoms with Crippen molar-refractivity contribution in [3.8, 4) is 17.3 Å². The maximum Gasteiger partial charge on any atom is 0.219 e. The van der Waals surface area contributed by atoms with Crippen LogP contribution < -0.4 is 10.5 Å². The first kappa shape index (κ1) is 19.0. The number of hydrogen-bond donors (Lipinski definition) is 1. The highest BCUT2D eigenvalue weighted by Crippen LogP contribution is 2.25. The fourth-order valence-electron chi connectivity index (χ4n) is 2.52. The van der Waals surface area contributed by atoms with E-state index in [9.17, 15) is 4.79 Å². The van der Waals surface area contributed by atoms with Crippen molar-refractivity contribution in [1.82, 2.24) is 14.8 Å². The highest BCUT2D eigenvalue weighted by molar-refractivity contribution is 7.99. The van der Waals surface area contributed by atoms with Crippen LogP contribution in [0.2, 0.25) is 0 Å². The Balaban J connectivity index is 1.56. The third-order valence-electron chi connectivity index (χ3n) is 3.82. The van der Waals surface area contributed by atoms with Crippen molar-refractivity contribution in [2.45, 2.75) is 31.5 Å². The Labute approximate surface area is 161 Å². The Kier molecular flexibility index (Phi) is 6.54. The monoisotopic (exact) mass is 386 g/mol. The van der Waals surface area contributed by atoms with Crippen LogP contribution in [0.15, 0.2) is 52.2 Å². The van der Waals surface area contributed by atoms with E-state index in [4.69, 9.17) is 14.9 Å². The molecule has 7 nitrogen and oxygen atoms in total. The summed E-state index contributed by atoms with van der Waals surface area (Å²) in [5, 5.41) is 9.18. The second kappa shape index (κ2) is 9.27. The predicted molar refractivity (Wildman–Crippen MR) is 104 cm³/mol. The van der Waals surface area contributed by atoms with Crippen LogP contribution in [0.1, 0.15) is 18.4 Å². The van der Waals surface area contributed by atoms with Gasteiger partial charge in [0.05, 0.1) is 12.9 Å². The number of aryl methyl sites for hydroxylation is 1. The molecular weight excluding hydrogens is 364 g/mol. The number of carbonyl (C=O) groups is 1. The molecule has 8 heteroatoms. The van der Waals surface area contributed by atoms with Gasteiger partial charge in [0, 0.05) is 18.7 Å². The molecule has 1 aromatic carbocycles. The molecule has 0 spiro atoms. The van der Waals surface area contributed by atoms with Gasteiger partial charge in [-0.25, -0.2) is 0 Å². The van der Waals surface area contributed by atoms with Crippen molar-refractivity contribution in [2.75, 3.05) is 12.4 Å². The summed E-state index contributed by atoms with van der Waals surface area (Å²) in [6, 6.07) is 11.6. The molecule has 0 aliphatic carbocycles. The van der Waals surface area contributed by atoms with E-state index in [-0.39, 0.29) is 12.3 Å². The number of furan rings is 1. The number of ether oxygens (including phenoxy) is 1. The molecule has 1 amide bonds. The minimum absolute atomic E-state index is 0.218. The summed E-state index contributed by atoms with van der Waals surface area (Å²) in [7, 11) is 0. The first-order valence-corrected chi connectivity index (χ1v) is 9.69. The lowest BCUT2D eigenvalue weighted by Gasteiger charge is -2.09. The van der Waals surface area contributed by atoms with Gasteiger partial charge in [-0.3, -0.25) is 9.36 Å². The van der Waals surface area contributed by atoms with Gasteiger partial charge in [-0.2, -0.15) is 0 Å². The van der Waals surface area contributed by atoms with Crippen LogP contribution >= 0.6 is 11.8 Å². The molecule has 142 valence electrons. The average Bonchev–Trinajstić information content (AvgIpc) is 3.29. The van der Waals surface area contributed by atoms with Crippen molar-refractivity contribution in [2.24, 2.45) is 5.73 Å². The standard InChI is InChI=1S/C19H22N4O3S/c1-14-5-2-6-15(13-14)25-11-4-12-27-19-22-21-18(16-7-3-10-26-16)23(19)9-8-17(20)24/h2-3,5-7,10,13H,4,8-9,11-12H2,1H3,(H2,20,24). The van der Waals surface area contributed by atoms with Crippen LogP contribution in [0.25, 0.3) is 11.6 Å². The third-order valence-corrected chi connectivity index (χ3v) is 4.87. The Hall–Kier alpha value is -2.74. The summed E-state index contributed by atoms with van der Waals surface area (Å²) in [5.74, 6) is 2.54. The number of nitrogens with zero attached hydrogens (tertiary/aromatic N) is 3. The van der Waals surface area contributed by atoms with Gasteiger partial charge < -0.3 is 14.9 Å². The number of amides is 1. The van der Waals surface area contributed by atoms with E-state index >= 15 is 0 Å². The fraction of sp³-hybridized carbons (Fsp3) is 0.316. The molecule has 0 saturated carbocycles. The van der Waals surface area contributed by atoms with E-state index in [1.54, 1.807) is 24.1 Å². The zero-order valence-electron chi connectivity index (χ0n) is 15.1. The van der Waals surface area contributed by atoms with E-state index in [0.717, 1.165) is 23.1 Å². The molecule has 2 aromatic heterocycles. The third kappa shape index (κ3) is 5.37. The van der Waals surface area contributed by atoms with Gasteiger partial charge in [0.15, 0.2) is 16.7 Å². The molecule has 0 radical (unpaired) electrons. The molecule has 0 aliphatic rings. The first-order chi connectivity index (χ1) is 13.1. The van der Waals surface area contributed by atoms with E-state index in [2.05, 4.69) is 10.2 Å². The van der Waals surface area contributed by atoms with Crippen molar-refractivity contribution >= 4 is 17.7 Å². The van der Waals surface area contributed by atoms with E-state index in [1.807, 2.05) is 41.8 Å². The summed E-state index contributed by atoms with van der Waals surface area (Å²) in [4.78, 5) is 11.2. The van der Waals surface area contributed by atoms with Gasteiger partial charge in [0.25, 0.3) is 0 Å². The Bertz CT molecular complexity index is 877. The largest absolute Gasteiger partial charge is 0.494 e. The van der Waals surface area contributed by atoms with Crippen LogP contribution in [-0.4, -0.2) is 33.0 Å². The summed E-state index contributed by atoms with van der Waals surface area (Å²) < 4.78 is 13.0. The van der Waals surface area contributed by atoms with Crippen LogP contribution in [0, 0.1) is 6.92 Å². The summed E-state index contributed by atoms with van der Waals surface area (Å²) >= 11 is 1.57. The molecule has 3 aromatic rings. The number of rotatable bonds is 10. The van der Waals surface area contributed by atoms with Crippen LogP contribution in [0.5, 0.6) is 5.75 Å². The zero-order valence-corrected chi connectivity index (χ0v) is 15.9. The number of benzene rings is 1. The highest BCUT2D eigenvalue weighted by atomic mass is 32.2. The van der Waals surface area contributed by atoms with Crippen LogP contribution in [0.4, 0.5) is 0 Å². The van der Waals surface area contributed by atoms with Crippen molar-refractivity contribution in [1.29, 1.82) is 0 Å². The molecule has 0 bridgehead atoms. The average molecular weight is 386 g/mol. The van der Waals surface area contributed by atoms with Gasteiger partial charge in [-0.05, 0) is 43.2 Å². The van der Waals surface area contributed by atoms with Crippen molar-refractivity contribution < 1.29 is 13.9 Å². The Morgan fingerprint density at radius 2 is 2.19 bits per heavy atom. The lowest BCUT2D eigenvalue weighted by Crippen LogP contribution is -2.15. The second-order valence-corrected chi connectivity index (χ2v) is 7.08. The molecule has 2 N–H and O–H groups in total. The lowest BCUT2D eigenvalue weighted by atomic mass is 10.2. The van der Waals surface area contributed by atoms with Gasteiger partial charge >= 0.3 is 0 Å². The number of aromatic nitrogens is 3. The molecular formula is C19H22N4O3S. The fourth-order valence-corrected chi connectivity index (χ4v) is 3.40. The van der Waals surface area contributed by atoms with E-state index < -0.39 is 0 Å². The predicted octanol–water partition coefficient (Wildman–Crippen LogP) is 3.28. The number of carbonyl (C=O) groups excluding carboxylic acids is 1. The van der Waals surface area contributed by atoms with Crippen molar-refractivity contribution in [3.63, 3.8) is 0 Å². The minimum Gasteiger partial charge on any atom is -0.494 e. The minimum atomic E-state index is -0.364. The Morgan fingerprint density at radius 1 is 1.30 bits per heavy atom. The molecule has 0 fully saturated rings. The number of hydrogen-bond acceptors (Lipinski definition) is 6. The summed E-state index contributed by atoms with van der Waals surface area (Å²) in [6.07, 6.45) is 2.66. The SMILES string of the molecule is Cc1cccc(OCCCSc2nnc(-c3ccco3)n2CCC(N)=O)c1. The molecule has 0 aliphatic heterocycles. The molecule has 2 heterocycles. The smallest absolute Gasteiger partial charge is 0.219 e. The molecule has 0 unspecified atom stereocenters. The maximum absolute atomic E-state index is 11.2. The van der Waals surface area contributed by atoms with E-state index in [0.29, 0.717) is 24.7 Å². The van der Waals surface area contributed by atoms with Gasteiger partial charge in [0.2, 0.25) is 5.91 Å². The number of primary amides is 1. The normalized spacial score (nSPS) is 10.9. The quantitative estimate of drug-likeness (QED) is 0.424. The highest BCUT2D eigenvalue weighted by Gasteiger charge is 2.16. The van der Waals surface area contributed by atoms with Crippen molar-refractivity contribution in [3.05, 3.63) is 48.2 Å². The van der Waals surface area contributed by atoms with E-state index in [1.165, 1.54) is 5.56 Å². The second-order valence-electron chi connectivity index (χ2n) is 6.02. The number of thioether (sulfide) groups is 1. The molecule has 0 atom stereocenters. The lowest BCUT2D eigenvalue weighted by molar-refractivity contribution is -0.118. The molecule has 3 rings (SSSR count). The first-order valence-electron chi connectivity index (χ1n) is 8.71. The van der Waals surface area contributed by atoms with Gasteiger partial charge in [-0.15, -0.1) is 10.2 Å². The summed E-state index contributed by atoms with van der Waals surface area (Å²) in [6.45, 7) is 3.08. The van der Waals surface area contributed by atoms with Crippen LogP contribution in [0.3, 0.4) is 0 Å². The Morgan fingerprint density at radius 3 is 2.93 bits per heavy atom. The maximum atomic E-state index is 11.2. The van der Waals surface area contributed by atoms with Crippen LogP contribution in [-0.2, 0) is 11.3 Å². The zero-order chi connectivity index (χ0) is 19.1. The van der Waals surface area contributed by atoms with Gasteiger partial charge in [-0.1, -0.05) is 23.9 Å².